The van der Waals surface area contributed by atoms with Crippen molar-refractivity contribution in [1.82, 2.24) is 20.4 Å². The van der Waals surface area contributed by atoms with Gasteiger partial charge >= 0.3 is 0 Å². The number of hydrogen-bond acceptors (Lipinski definition) is 7. The largest absolute Gasteiger partial charge is 0.373 e. The summed E-state index contributed by atoms with van der Waals surface area (Å²) in [6.45, 7) is 7.91. The molecule has 4 heterocycles. The lowest BCUT2D eigenvalue weighted by Gasteiger charge is -2.36. The summed E-state index contributed by atoms with van der Waals surface area (Å²) in [5, 5.41) is 5.74. The molecule has 3 saturated heterocycles. The Kier molecular flexibility index (Phi) is 7.63. The fraction of sp³-hybridized carbons (Fsp3) is 0.500. The first-order chi connectivity index (χ1) is 19.0. The van der Waals surface area contributed by atoms with E-state index in [1.54, 1.807) is 4.90 Å². The van der Waals surface area contributed by atoms with Crippen LogP contribution >= 0.6 is 0 Å². The van der Waals surface area contributed by atoms with Gasteiger partial charge in [0.15, 0.2) is 0 Å². The molecule has 6 rings (SSSR count). The van der Waals surface area contributed by atoms with Gasteiger partial charge in [0.2, 0.25) is 11.8 Å². The Bertz CT molecular complexity index is 1220. The fourth-order valence-corrected chi connectivity index (χ4v) is 6.10. The molecule has 39 heavy (non-hydrogen) atoms. The lowest BCUT2D eigenvalue weighted by atomic mass is 10.0. The van der Waals surface area contributed by atoms with Gasteiger partial charge in [-0.25, -0.2) is 0 Å². The first kappa shape index (κ1) is 26.0. The fourth-order valence-electron chi connectivity index (χ4n) is 6.10. The Labute approximate surface area is 229 Å². The highest BCUT2D eigenvalue weighted by atomic mass is 16.5. The van der Waals surface area contributed by atoms with Crippen LogP contribution in [0.15, 0.2) is 42.5 Å². The SMILES string of the molecule is O=C1CCC(N2Cc3cc(N4CCN(Cc5ccc(COC6CCNCC6)cc5)CC4)ccc3C2=O)C(=O)N1. The van der Waals surface area contributed by atoms with Crippen LogP contribution in [0.3, 0.4) is 0 Å². The van der Waals surface area contributed by atoms with E-state index in [1.807, 2.05) is 12.1 Å². The van der Waals surface area contributed by atoms with Crippen LogP contribution in [0, 0.1) is 0 Å². The zero-order valence-corrected chi connectivity index (χ0v) is 22.4. The molecule has 3 amide bonds. The first-order valence-corrected chi connectivity index (χ1v) is 14.2. The van der Waals surface area contributed by atoms with E-state index in [0.29, 0.717) is 31.2 Å². The van der Waals surface area contributed by atoms with E-state index in [1.165, 1.54) is 11.1 Å². The maximum atomic E-state index is 13.0. The normalized spacial score (nSPS) is 22.8. The van der Waals surface area contributed by atoms with Crippen molar-refractivity contribution in [1.29, 1.82) is 0 Å². The van der Waals surface area contributed by atoms with Crippen molar-refractivity contribution in [3.63, 3.8) is 0 Å². The number of imide groups is 1. The summed E-state index contributed by atoms with van der Waals surface area (Å²) in [5.74, 6) is -0.764. The molecule has 0 radical (unpaired) electrons. The molecule has 2 aromatic rings. The second-order valence-electron chi connectivity index (χ2n) is 11.1. The van der Waals surface area contributed by atoms with Gasteiger partial charge < -0.3 is 19.9 Å². The standard InChI is InChI=1S/C30H37N5O4/c36-28-8-7-27(29(37)32-28)35-19-23-17-24(5-6-26(23)30(35)38)34-15-13-33(14-16-34)18-21-1-3-22(4-2-21)20-39-25-9-11-31-12-10-25/h1-6,17,25,27,31H,7-16,18-20H2,(H,32,36,37). The number of piperazine rings is 1. The topological polar surface area (TPSA) is 94.2 Å². The smallest absolute Gasteiger partial charge is 0.255 e. The molecule has 3 fully saturated rings. The van der Waals surface area contributed by atoms with E-state index in [-0.39, 0.29) is 24.1 Å². The summed E-state index contributed by atoms with van der Waals surface area (Å²) in [6.07, 6.45) is 3.21. The molecular weight excluding hydrogens is 494 g/mol. The average molecular weight is 532 g/mol. The molecule has 206 valence electrons. The van der Waals surface area contributed by atoms with Gasteiger partial charge in [-0.3, -0.25) is 24.6 Å². The number of nitrogens with zero attached hydrogens (tertiary/aromatic N) is 3. The second kappa shape index (κ2) is 11.5. The maximum absolute atomic E-state index is 13.0. The maximum Gasteiger partial charge on any atom is 0.255 e. The Morgan fingerprint density at radius 2 is 1.62 bits per heavy atom. The van der Waals surface area contributed by atoms with E-state index in [2.05, 4.69) is 50.8 Å². The molecular formula is C30H37N5O4. The van der Waals surface area contributed by atoms with Gasteiger partial charge in [0.1, 0.15) is 6.04 Å². The number of piperidine rings is 2. The van der Waals surface area contributed by atoms with Crippen molar-refractivity contribution >= 4 is 23.4 Å². The van der Waals surface area contributed by atoms with E-state index in [0.717, 1.165) is 69.9 Å². The van der Waals surface area contributed by atoms with Crippen molar-refractivity contribution < 1.29 is 19.1 Å². The number of benzene rings is 2. The minimum atomic E-state index is -0.578. The minimum absolute atomic E-state index is 0.125. The Balaban J connectivity index is 0.996. The lowest BCUT2D eigenvalue weighted by molar-refractivity contribution is -0.136. The highest BCUT2D eigenvalue weighted by Crippen LogP contribution is 2.31. The molecule has 0 saturated carbocycles. The summed E-state index contributed by atoms with van der Waals surface area (Å²) in [6, 6.07) is 14.3. The highest BCUT2D eigenvalue weighted by Gasteiger charge is 2.39. The quantitative estimate of drug-likeness (QED) is 0.528. The molecule has 2 aromatic carbocycles. The molecule has 9 nitrogen and oxygen atoms in total. The summed E-state index contributed by atoms with van der Waals surface area (Å²) in [7, 11) is 0. The third-order valence-corrected chi connectivity index (χ3v) is 8.45. The number of amides is 3. The van der Waals surface area contributed by atoms with Gasteiger partial charge in [0.25, 0.3) is 5.91 Å². The van der Waals surface area contributed by atoms with Crippen LogP contribution in [0.1, 0.15) is 52.7 Å². The average Bonchev–Trinajstić information content (AvgIpc) is 3.29. The van der Waals surface area contributed by atoms with Gasteiger partial charge in [0, 0.05) is 56.9 Å². The molecule has 1 atom stereocenters. The van der Waals surface area contributed by atoms with Crippen molar-refractivity contribution in [2.24, 2.45) is 0 Å². The number of carbonyl (C=O) groups is 3. The predicted molar refractivity (Wildman–Crippen MR) is 147 cm³/mol. The molecule has 4 aliphatic heterocycles. The summed E-state index contributed by atoms with van der Waals surface area (Å²) >= 11 is 0. The van der Waals surface area contributed by atoms with Gasteiger partial charge in [0.05, 0.1) is 12.7 Å². The number of rotatable bonds is 7. The van der Waals surface area contributed by atoms with E-state index >= 15 is 0 Å². The van der Waals surface area contributed by atoms with E-state index in [9.17, 15) is 14.4 Å². The summed E-state index contributed by atoms with van der Waals surface area (Å²) < 4.78 is 6.08. The first-order valence-electron chi connectivity index (χ1n) is 14.2. The third-order valence-electron chi connectivity index (χ3n) is 8.45. The molecule has 0 spiro atoms. The number of carbonyl (C=O) groups excluding carboxylic acids is 3. The molecule has 0 bridgehead atoms. The van der Waals surface area contributed by atoms with Gasteiger partial charge in [-0.15, -0.1) is 0 Å². The molecule has 9 heteroatoms. The molecule has 0 aliphatic carbocycles. The zero-order chi connectivity index (χ0) is 26.8. The Hall–Kier alpha value is -3.27. The Morgan fingerprint density at radius 1 is 0.872 bits per heavy atom. The Morgan fingerprint density at radius 3 is 2.36 bits per heavy atom. The molecule has 4 aliphatic rings. The summed E-state index contributed by atoms with van der Waals surface area (Å²) in [4.78, 5) is 43.3. The minimum Gasteiger partial charge on any atom is -0.373 e. The molecule has 1 unspecified atom stereocenters. The lowest BCUT2D eigenvalue weighted by Crippen LogP contribution is -2.52. The monoisotopic (exact) mass is 531 g/mol. The van der Waals surface area contributed by atoms with E-state index < -0.39 is 6.04 Å². The van der Waals surface area contributed by atoms with Crippen molar-refractivity contribution in [2.45, 2.75) is 57.5 Å². The van der Waals surface area contributed by atoms with Gasteiger partial charge in [-0.2, -0.15) is 0 Å². The summed E-state index contributed by atoms with van der Waals surface area (Å²) in [5.41, 5.74) is 5.27. The van der Waals surface area contributed by atoms with Crippen LogP contribution in [0.5, 0.6) is 0 Å². The molecule has 2 N–H and O–H groups in total. The number of nitrogens with one attached hydrogen (secondary N) is 2. The zero-order valence-electron chi connectivity index (χ0n) is 22.4. The van der Waals surface area contributed by atoms with Crippen molar-refractivity contribution in [3.8, 4) is 0 Å². The van der Waals surface area contributed by atoms with E-state index in [4.69, 9.17) is 4.74 Å². The van der Waals surface area contributed by atoms with Crippen LogP contribution in [0.25, 0.3) is 0 Å². The third kappa shape index (κ3) is 5.85. The van der Waals surface area contributed by atoms with Gasteiger partial charge in [-0.1, -0.05) is 24.3 Å². The number of hydrogen-bond donors (Lipinski definition) is 2. The van der Waals surface area contributed by atoms with Crippen molar-refractivity contribution in [3.05, 3.63) is 64.7 Å². The van der Waals surface area contributed by atoms with Crippen LogP contribution in [-0.2, 0) is 34.0 Å². The van der Waals surface area contributed by atoms with Gasteiger partial charge in [-0.05, 0) is 67.2 Å². The highest BCUT2D eigenvalue weighted by molar-refractivity contribution is 6.05. The van der Waals surface area contributed by atoms with Crippen LogP contribution < -0.4 is 15.5 Å². The van der Waals surface area contributed by atoms with Crippen LogP contribution in [0.4, 0.5) is 5.69 Å². The number of anilines is 1. The molecule has 0 aromatic heterocycles. The predicted octanol–water partition coefficient (Wildman–Crippen LogP) is 2.04. The van der Waals surface area contributed by atoms with Crippen LogP contribution in [-0.4, -0.2) is 78.9 Å². The number of fused-ring (bicyclic) bond motifs is 1. The van der Waals surface area contributed by atoms with Crippen molar-refractivity contribution in [2.75, 3.05) is 44.2 Å². The van der Waals surface area contributed by atoms with Crippen LogP contribution in [0.2, 0.25) is 0 Å². The second-order valence-corrected chi connectivity index (χ2v) is 11.1. The number of ether oxygens (including phenoxy) is 1.